The molecule has 1 aromatic heterocycles. The topological polar surface area (TPSA) is 51.2 Å². The molecule has 1 saturated carbocycles. The van der Waals surface area contributed by atoms with Crippen molar-refractivity contribution in [2.45, 2.75) is 71.6 Å². The Kier molecular flexibility index (Phi) is 6.10. The van der Waals surface area contributed by atoms with Gasteiger partial charge in [0.05, 0.1) is 0 Å². The van der Waals surface area contributed by atoms with E-state index in [2.05, 4.69) is 24.1 Å². The summed E-state index contributed by atoms with van der Waals surface area (Å²) in [6.07, 6.45) is 4.17. The number of rotatable bonds is 8. The minimum absolute atomic E-state index is 0.0142. The monoisotopic (exact) mass is 322 g/mol. The molecule has 2 rings (SSSR count). The number of aromatic nitrogens is 1. The zero-order chi connectivity index (χ0) is 17.0. The molecule has 0 spiro atoms. The van der Waals surface area contributed by atoms with Crippen LogP contribution in [0.15, 0.2) is 12.3 Å². The molecule has 1 aliphatic rings. The molecule has 1 aromatic rings. The predicted octanol–water partition coefficient (Wildman–Crippen LogP) is 3.29. The summed E-state index contributed by atoms with van der Waals surface area (Å²) in [4.78, 5) is 15.8. The van der Waals surface area contributed by atoms with Gasteiger partial charge in [0, 0.05) is 42.2 Å². The molecule has 1 fully saturated rings. The third kappa shape index (κ3) is 5.27. The van der Waals surface area contributed by atoms with Gasteiger partial charge in [0.2, 0.25) is 5.88 Å². The maximum atomic E-state index is 14.1. The van der Waals surface area contributed by atoms with Crippen molar-refractivity contribution in [1.29, 1.82) is 0 Å². The van der Waals surface area contributed by atoms with Crippen molar-refractivity contribution in [3.8, 4) is 5.88 Å². The van der Waals surface area contributed by atoms with E-state index in [0.29, 0.717) is 36.4 Å². The molecule has 0 unspecified atom stereocenters. The summed E-state index contributed by atoms with van der Waals surface area (Å²) >= 11 is 0. The molecule has 0 atom stereocenters. The molecule has 1 heterocycles. The quantitative estimate of drug-likeness (QED) is 0.798. The third-order valence-electron chi connectivity index (χ3n) is 4.14. The fourth-order valence-electron chi connectivity index (χ4n) is 2.68. The predicted molar refractivity (Wildman–Crippen MR) is 88.1 cm³/mol. The van der Waals surface area contributed by atoms with Gasteiger partial charge in [0.15, 0.2) is 0 Å². The molecule has 0 aliphatic heterocycles. The van der Waals surface area contributed by atoms with Crippen molar-refractivity contribution in [2.75, 3.05) is 0 Å². The van der Waals surface area contributed by atoms with E-state index in [1.54, 1.807) is 0 Å². The summed E-state index contributed by atoms with van der Waals surface area (Å²) in [6, 6.07) is 2.27. The van der Waals surface area contributed by atoms with Gasteiger partial charge in [0.25, 0.3) is 0 Å². The molecule has 128 valence electrons. The lowest BCUT2D eigenvalue weighted by Crippen LogP contribution is -2.49. The highest BCUT2D eigenvalue weighted by atomic mass is 19.1. The van der Waals surface area contributed by atoms with E-state index >= 15 is 0 Å². The Balaban J connectivity index is 1.82. The van der Waals surface area contributed by atoms with Crippen molar-refractivity contribution in [3.05, 3.63) is 23.6 Å². The lowest BCUT2D eigenvalue weighted by Gasteiger charge is -2.36. The summed E-state index contributed by atoms with van der Waals surface area (Å²) in [5, 5.41) is 3.45. The number of halogens is 1. The number of nitrogens with zero attached hydrogens (tertiary/aromatic N) is 1. The van der Waals surface area contributed by atoms with Crippen molar-refractivity contribution in [3.63, 3.8) is 0 Å². The van der Waals surface area contributed by atoms with Gasteiger partial charge in [-0.3, -0.25) is 4.79 Å². The maximum Gasteiger partial charge on any atom is 0.216 e. The highest BCUT2D eigenvalue weighted by Gasteiger charge is 2.31. The number of aryl methyl sites for hydroxylation is 1. The molecule has 4 nitrogen and oxygen atoms in total. The number of pyridine rings is 1. The largest absolute Gasteiger partial charge is 0.474 e. The van der Waals surface area contributed by atoms with Gasteiger partial charge in [-0.2, -0.15) is 0 Å². The molecule has 0 radical (unpaired) electrons. The summed E-state index contributed by atoms with van der Waals surface area (Å²) in [5.74, 6) is 0.111. The van der Waals surface area contributed by atoms with E-state index in [0.717, 1.165) is 12.8 Å². The maximum absolute atomic E-state index is 14.1. The van der Waals surface area contributed by atoms with Crippen LogP contribution in [-0.2, 0) is 11.2 Å². The van der Waals surface area contributed by atoms with E-state index in [1.165, 1.54) is 12.3 Å². The smallest absolute Gasteiger partial charge is 0.216 e. The number of hydrogen-bond acceptors (Lipinski definition) is 4. The van der Waals surface area contributed by atoms with Gasteiger partial charge in [-0.05, 0) is 19.3 Å². The normalized spacial score (nSPS) is 20.7. The zero-order valence-electron chi connectivity index (χ0n) is 14.4. The van der Waals surface area contributed by atoms with Crippen LogP contribution >= 0.6 is 0 Å². The number of nitrogens with one attached hydrogen (secondary N) is 1. The molecular formula is C18H27FN2O2. The van der Waals surface area contributed by atoms with Crippen LogP contribution < -0.4 is 10.1 Å². The number of carbonyl (C=O) groups is 1. The first kappa shape index (κ1) is 17.9. The van der Waals surface area contributed by atoms with Gasteiger partial charge in [-0.15, -0.1) is 0 Å². The fraction of sp³-hybridized carbons (Fsp3) is 0.667. The van der Waals surface area contributed by atoms with Crippen LogP contribution in [0.5, 0.6) is 5.88 Å². The molecule has 1 N–H and O–H groups in total. The Labute approximate surface area is 137 Å². The van der Waals surface area contributed by atoms with Gasteiger partial charge in [-0.1, -0.05) is 27.7 Å². The first-order valence-corrected chi connectivity index (χ1v) is 8.45. The molecular weight excluding hydrogens is 295 g/mol. The van der Waals surface area contributed by atoms with Crippen LogP contribution in [0.25, 0.3) is 0 Å². The number of ketones is 1. The van der Waals surface area contributed by atoms with Gasteiger partial charge < -0.3 is 10.1 Å². The van der Waals surface area contributed by atoms with Gasteiger partial charge in [0.1, 0.15) is 17.7 Å². The minimum atomic E-state index is -0.345. The number of carbonyl (C=O) groups excluding carboxylic acids is 1. The van der Waals surface area contributed by atoms with Crippen molar-refractivity contribution < 1.29 is 13.9 Å². The SMILES string of the molecule is CC(C)NC1CC(Oc2cc(F)c(CCC(=O)C(C)C)cn2)C1. The van der Waals surface area contributed by atoms with Crippen LogP contribution in [0.1, 0.15) is 52.5 Å². The van der Waals surface area contributed by atoms with E-state index in [-0.39, 0.29) is 23.6 Å². The van der Waals surface area contributed by atoms with Gasteiger partial charge in [-0.25, -0.2) is 9.37 Å². The first-order chi connectivity index (χ1) is 10.8. The minimum Gasteiger partial charge on any atom is -0.474 e. The molecule has 5 heteroatoms. The second-order valence-electron chi connectivity index (χ2n) is 6.96. The van der Waals surface area contributed by atoms with Crippen molar-refractivity contribution in [1.82, 2.24) is 10.3 Å². The Bertz CT molecular complexity index is 540. The Hall–Kier alpha value is -1.49. The van der Waals surface area contributed by atoms with Crippen LogP contribution in [-0.4, -0.2) is 29.0 Å². The number of hydrogen-bond donors (Lipinski definition) is 1. The molecule has 1 aliphatic carbocycles. The van der Waals surface area contributed by atoms with E-state index in [4.69, 9.17) is 4.74 Å². The van der Waals surface area contributed by atoms with Crippen molar-refractivity contribution in [2.24, 2.45) is 5.92 Å². The van der Waals surface area contributed by atoms with Crippen LogP contribution in [0.4, 0.5) is 4.39 Å². The molecule has 0 bridgehead atoms. The zero-order valence-corrected chi connectivity index (χ0v) is 14.4. The van der Waals surface area contributed by atoms with E-state index < -0.39 is 0 Å². The Morgan fingerprint density at radius 3 is 2.65 bits per heavy atom. The molecule has 0 aromatic carbocycles. The summed E-state index contributed by atoms with van der Waals surface area (Å²) in [6.45, 7) is 7.95. The first-order valence-electron chi connectivity index (χ1n) is 8.45. The fourth-order valence-corrected chi connectivity index (χ4v) is 2.68. The van der Waals surface area contributed by atoms with Gasteiger partial charge >= 0.3 is 0 Å². The highest BCUT2D eigenvalue weighted by Crippen LogP contribution is 2.26. The van der Waals surface area contributed by atoms with Crippen LogP contribution in [0.3, 0.4) is 0 Å². The van der Waals surface area contributed by atoms with Crippen LogP contribution in [0, 0.1) is 11.7 Å². The Morgan fingerprint density at radius 1 is 1.39 bits per heavy atom. The average Bonchev–Trinajstić information content (AvgIpc) is 2.43. The molecule has 0 amide bonds. The second-order valence-corrected chi connectivity index (χ2v) is 6.96. The summed E-state index contributed by atoms with van der Waals surface area (Å²) in [5.41, 5.74) is 0.472. The van der Waals surface area contributed by atoms with Crippen molar-refractivity contribution >= 4 is 5.78 Å². The number of Topliss-reactive ketones (excluding diaryl/α,β-unsaturated/α-hetero) is 1. The second kappa shape index (κ2) is 7.86. The molecule has 23 heavy (non-hydrogen) atoms. The Morgan fingerprint density at radius 2 is 2.09 bits per heavy atom. The third-order valence-corrected chi connectivity index (χ3v) is 4.14. The average molecular weight is 322 g/mol. The van der Waals surface area contributed by atoms with Crippen LogP contribution in [0.2, 0.25) is 0 Å². The summed E-state index contributed by atoms with van der Waals surface area (Å²) in [7, 11) is 0. The lowest BCUT2D eigenvalue weighted by molar-refractivity contribution is -0.121. The summed E-state index contributed by atoms with van der Waals surface area (Å²) < 4.78 is 19.8. The van der Waals surface area contributed by atoms with E-state index in [9.17, 15) is 9.18 Å². The number of ether oxygens (including phenoxy) is 1. The highest BCUT2D eigenvalue weighted by molar-refractivity contribution is 5.80. The molecule has 0 saturated heterocycles. The lowest BCUT2D eigenvalue weighted by atomic mass is 9.89. The van der Waals surface area contributed by atoms with E-state index in [1.807, 2.05) is 13.8 Å². The standard InChI is InChI=1S/C18H27FN2O2/c1-11(2)17(22)6-5-13-10-20-18(9-16(13)19)23-15-7-14(8-15)21-12(3)4/h9-12,14-15,21H,5-8H2,1-4H3.